The van der Waals surface area contributed by atoms with Crippen LogP contribution in [0.25, 0.3) is 0 Å². The maximum atomic E-state index is 12.6. The monoisotopic (exact) mass is 367 g/mol. The number of carbonyl (C=O) groups is 2. The highest BCUT2D eigenvalue weighted by molar-refractivity contribution is 6.30. The zero-order chi connectivity index (χ0) is 18.4. The molecule has 1 unspecified atom stereocenters. The number of amides is 2. The number of carbonyl (C=O) groups excluding carboxylic acids is 2. The Morgan fingerprint density at radius 3 is 2.56 bits per heavy atom. The third-order valence-electron chi connectivity index (χ3n) is 4.21. The van der Waals surface area contributed by atoms with Crippen molar-refractivity contribution in [3.8, 4) is 5.75 Å². The Morgan fingerprint density at radius 2 is 1.96 bits per heavy atom. The quantitative estimate of drug-likeness (QED) is 0.831. The van der Waals surface area contributed by atoms with E-state index in [4.69, 9.17) is 16.3 Å². The summed E-state index contributed by atoms with van der Waals surface area (Å²) in [5.41, 5.74) is 0.902. The molecule has 1 fully saturated rings. The lowest BCUT2D eigenvalue weighted by Gasteiger charge is -2.35. The van der Waals surface area contributed by atoms with Crippen molar-refractivity contribution in [1.29, 1.82) is 0 Å². The van der Waals surface area contributed by atoms with Gasteiger partial charge >= 0.3 is 0 Å². The van der Waals surface area contributed by atoms with E-state index in [1.165, 1.54) is 0 Å². The molecule has 0 radical (unpaired) electrons. The molecule has 0 saturated carbocycles. The number of aryl methyl sites for hydroxylation is 1. The van der Waals surface area contributed by atoms with Gasteiger partial charge in [0.1, 0.15) is 5.75 Å². The van der Waals surface area contributed by atoms with Crippen molar-refractivity contribution in [1.82, 2.24) is 15.1 Å². The third-order valence-corrected chi connectivity index (χ3v) is 4.45. The zero-order valence-corrected chi connectivity index (χ0v) is 15.8. The highest BCUT2D eigenvalue weighted by Gasteiger charge is 2.26. The summed E-state index contributed by atoms with van der Waals surface area (Å²) < 4.78 is 5.81. The number of benzene rings is 1. The van der Waals surface area contributed by atoms with Crippen LogP contribution in [0.1, 0.15) is 19.4 Å². The van der Waals surface area contributed by atoms with Crippen LogP contribution < -0.4 is 10.1 Å². The molecular weight excluding hydrogens is 342 g/mol. The van der Waals surface area contributed by atoms with Crippen LogP contribution in [0.15, 0.2) is 18.2 Å². The standard InChI is InChI=1S/C18H26ClN3O3/c1-4-20-17(23)12-21-7-9-22(10-8-21)18(24)14(3)25-16-6-5-15(19)11-13(16)2/h5-6,11,14H,4,7-10,12H2,1-3H3,(H,20,23). The largest absolute Gasteiger partial charge is 0.481 e. The molecule has 6 nitrogen and oxygen atoms in total. The molecule has 0 spiro atoms. The summed E-state index contributed by atoms with van der Waals surface area (Å²) in [6, 6.07) is 5.35. The predicted molar refractivity (Wildman–Crippen MR) is 98.0 cm³/mol. The van der Waals surface area contributed by atoms with Gasteiger partial charge in [-0.1, -0.05) is 11.6 Å². The second kappa shape index (κ2) is 9.06. The van der Waals surface area contributed by atoms with Crippen molar-refractivity contribution in [3.63, 3.8) is 0 Å². The first-order valence-corrected chi connectivity index (χ1v) is 8.99. The van der Waals surface area contributed by atoms with Crippen molar-refractivity contribution in [2.45, 2.75) is 26.9 Å². The van der Waals surface area contributed by atoms with Crippen LogP contribution in [0.3, 0.4) is 0 Å². The van der Waals surface area contributed by atoms with Crippen LogP contribution in [0.2, 0.25) is 5.02 Å². The first-order chi connectivity index (χ1) is 11.9. The van der Waals surface area contributed by atoms with Crippen molar-refractivity contribution in [2.24, 2.45) is 0 Å². The van der Waals surface area contributed by atoms with Gasteiger partial charge in [-0.3, -0.25) is 14.5 Å². The molecule has 7 heteroatoms. The van der Waals surface area contributed by atoms with Crippen molar-refractivity contribution < 1.29 is 14.3 Å². The van der Waals surface area contributed by atoms with Gasteiger partial charge in [0.2, 0.25) is 5.91 Å². The highest BCUT2D eigenvalue weighted by atomic mass is 35.5. The minimum atomic E-state index is -0.560. The molecule has 1 saturated heterocycles. The van der Waals surface area contributed by atoms with E-state index in [2.05, 4.69) is 10.2 Å². The Morgan fingerprint density at radius 1 is 1.28 bits per heavy atom. The Labute approximate surface area is 154 Å². The van der Waals surface area contributed by atoms with Crippen molar-refractivity contribution in [2.75, 3.05) is 39.3 Å². The summed E-state index contributed by atoms with van der Waals surface area (Å²) in [4.78, 5) is 28.1. The Bertz CT molecular complexity index is 616. The number of rotatable bonds is 6. The van der Waals surface area contributed by atoms with Gasteiger partial charge in [-0.15, -0.1) is 0 Å². The number of halogens is 1. The average Bonchev–Trinajstić information content (AvgIpc) is 2.57. The Hall–Kier alpha value is -1.79. The topological polar surface area (TPSA) is 61.9 Å². The lowest BCUT2D eigenvalue weighted by atomic mass is 10.2. The first-order valence-electron chi connectivity index (χ1n) is 8.61. The molecule has 1 N–H and O–H groups in total. The summed E-state index contributed by atoms with van der Waals surface area (Å²) in [6.45, 7) is 9.17. The SMILES string of the molecule is CCNC(=O)CN1CCN(C(=O)C(C)Oc2ccc(Cl)cc2C)CC1. The normalized spacial score (nSPS) is 16.4. The van der Waals surface area contributed by atoms with Gasteiger partial charge in [-0.2, -0.15) is 0 Å². The summed E-state index contributed by atoms with van der Waals surface area (Å²) >= 11 is 5.94. The van der Waals surface area contributed by atoms with E-state index < -0.39 is 6.10 Å². The average molecular weight is 368 g/mol. The Kier molecular flexibility index (Phi) is 7.08. The van der Waals surface area contributed by atoms with Crippen molar-refractivity contribution >= 4 is 23.4 Å². The number of likely N-dealkylation sites (N-methyl/N-ethyl adjacent to an activating group) is 1. The lowest BCUT2D eigenvalue weighted by Crippen LogP contribution is -2.53. The molecule has 1 aliphatic heterocycles. The van der Waals surface area contributed by atoms with Gasteiger partial charge in [0.05, 0.1) is 6.54 Å². The number of hydrogen-bond donors (Lipinski definition) is 1. The van der Waals surface area contributed by atoms with E-state index in [0.29, 0.717) is 50.0 Å². The van der Waals surface area contributed by atoms with Gasteiger partial charge in [0.25, 0.3) is 5.91 Å². The fraction of sp³-hybridized carbons (Fsp3) is 0.556. The van der Waals surface area contributed by atoms with Crippen LogP contribution in [0, 0.1) is 6.92 Å². The molecule has 2 rings (SSSR count). The molecule has 1 aromatic carbocycles. The van der Waals surface area contributed by atoms with Gasteiger partial charge in [-0.05, 0) is 44.5 Å². The number of hydrogen-bond acceptors (Lipinski definition) is 4. The molecule has 2 amide bonds. The van der Waals surface area contributed by atoms with Gasteiger partial charge in [0, 0.05) is 37.7 Å². The first kappa shape index (κ1) is 19.5. The minimum Gasteiger partial charge on any atom is -0.481 e. The lowest BCUT2D eigenvalue weighted by molar-refractivity contribution is -0.139. The zero-order valence-electron chi connectivity index (χ0n) is 15.0. The number of ether oxygens (including phenoxy) is 1. The van der Waals surface area contributed by atoms with E-state index in [9.17, 15) is 9.59 Å². The van der Waals surface area contributed by atoms with Crippen LogP contribution >= 0.6 is 11.6 Å². The molecule has 1 heterocycles. The number of piperazine rings is 1. The summed E-state index contributed by atoms with van der Waals surface area (Å²) in [5.74, 6) is 0.657. The van der Waals surface area contributed by atoms with Gasteiger partial charge in [-0.25, -0.2) is 0 Å². The number of nitrogens with zero attached hydrogens (tertiary/aromatic N) is 2. The molecule has 0 bridgehead atoms. The summed E-state index contributed by atoms with van der Waals surface area (Å²) in [7, 11) is 0. The molecule has 138 valence electrons. The van der Waals surface area contributed by atoms with Gasteiger partial charge < -0.3 is 15.0 Å². The molecule has 25 heavy (non-hydrogen) atoms. The molecule has 1 atom stereocenters. The smallest absolute Gasteiger partial charge is 0.263 e. The van der Waals surface area contributed by atoms with Gasteiger partial charge in [0.15, 0.2) is 6.10 Å². The van der Waals surface area contributed by atoms with E-state index in [0.717, 1.165) is 5.56 Å². The number of nitrogens with one attached hydrogen (secondary N) is 1. The van der Waals surface area contributed by atoms with Crippen LogP contribution in [-0.2, 0) is 9.59 Å². The van der Waals surface area contributed by atoms with Crippen LogP contribution in [-0.4, -0.2) is 67.0 Å². The van der Waals surface area contributed by atoms with E-state index in [-0.39, 0.29) is 11.8 Å². The van der Waals surface area contributed by atoms with Crippen LogP contribution in [0.5, 0.6) is 5.75 Å². The highest BCUT2D eigenvalue weighted by Crippen LogP contribution is 2.23. The molecule has 0 aromatic heterocycles. The molecule has 1 aliphatic rings. The van der Waals surface area contributed by atoms with E-state index >= 15 is 0 Å². The Balaban J connectivity index is 1.84. The predicted octanol–water partition coefficient (Wildman–Crippen LogP) is 1.70. The molecule has 0 aliphatic carbocycles. The third kappa shape index (κ3) is 5.61. The van der Waals surface area contributed by atoms with E-state index in [1.807, 2.05) is 19.9 Å². The minimum absolute atomic E-state index is 0.0252. The van der Waals surface area contributed by atoms with E-state index in [1.54, 1.807) is 24.0 Å². The summed E-state index contributed by atoms with van der Waals surface area (Å²) in [6.07, 6.45) is -0.560. The van der Waals surface area contributed by atoms with Crippen molar-refractivity contribution in [3.05, 3.63) is 28.8 Å². The second-order valence-corrected chi connectivity index (χ2v) is 6.66. The fourth-order valence-electron chi connectivity index (χ4n) is 2.83. The second-order valence-electron chi connectivity index (χ2n) is 6.22. The summed E-state index contributed by atoms with van der Waals surface area (Å²) in [5, 5.41) is 3.44. The maximum absolute atomic E-state index is 12.6. The molecular formula is C18H26ClN3O3. The fourth-order valence-corrected chi connectivity index (χ4v) is 3.05. The maximum Gasteiger partial charge on any atom is 0.263 e. The van der Waals surface area contributed by atoms with Crippen LogP contribution in [0.4, 0.5) is 0 Å². The molecule has 1 aromatic rings.